The van der Waals surface area contributed by atoms with Gasteiger partial charge in [0.15, 0.2) is 6.61 Å². The maximum Gasteiger partial charge on any atom is 0.264 e. The van der Waals surface area contributed by atoms with Gasteiger partial charge in [0.2, 0.25) is 0 Å². The summed E-state index contributed by atoms with van der Waals surface area (Å²) in [7, 11) is -2.24. The molecule has 0 aliphatic carbocycles. The fraction of sp³-hybridized carbons (Fsp3) is 0.304. The summed E-state index contributed by atoms with van der Waals surface area (Å²) >= 11 is 0. The number of aromatic nitrogens is 2. The number of benzene rings is 2. The maximum absolute atomic E-state index is 12.9. The Morgan fingerprint density at radius 1 is 1.06 bits per heavy atom. The average molecular weight is 473 g/mol. The van der Waals surface area contributed by atoms with Crippen LogP contribution in [0.3, 0.4) is 0 Å². The highest BCUT2D eigenvalue weighted by molar-refractivity contribution is 7.92. The topological polar surface area (TPSA) is 103 Å². The molecule has 10 heteroatoms. The van der Waals surface area contributed by atoms with Crippen molar-refractivity contribution in [2.24, 2.45) is 0 Å². The van der Waals surface area contributed by atoms with E-state index in [2.05, 4.69) is 10.3 Å². The molecule has 0 unspecified atom stereocenters. The van der Waals surface area contributed by atoms with Gasteiger partial charge in [0.05, 0.1) is 23.5 Å². The zero-order valence-corrected chi connectivity index (χ0v) is 19.5. The first-order chi connectivity index (χ1) is 15.9. The lowest BCUT2D eigenvalue weighted by atomic mass is 10.3. The zero-order valence-electron chi connectivity index (χ0n) is 18.7. The zero-order chi connectivity index (χ0) is 23.7. The van der Waals surface area contributed by atoms with E-state index < -0.39 is 10.0 Å². The van der Waals surface area contributed by atoms with Crippen molar-refractivity contribution in [1.82, 2.24) is 14.9 Å². The van der Waals surface area contributed by atoms with E-state index in [1.165, 1.54) is 23.5 Å². The molecule has 0 aliphatic heterocycles. The lowest BCUT2D eigenvalue weighted by Gasteiger charge is -2.20. The number of nitrogens with zero attached hydrogens (tertiary/aromatic N) is 3. The van der Waals surface area contributed by atoms with Crippen molar-refractivity contribution in [2.75, 3.05) is 31.1 Å². The van der Waals surface area contributed by atoms with Crippen molar-refractivity contribution < 1.29 is 22.7 Å². The Morgan fingerprint density at radius 2 is 1.73 bits per heavy atom. The van der Waals surface area contributed by atoms with Gasteiger partial charge >= 0.3 is 0 Å². The predicted molar refractivity (Wildman–Crippen MR) is 125 cm³/mol. The number of sulfonamides is 1. The second-order valence-corrected chi connectivity index (χ2v) is 9.13. The Bertz CT molecular complexity index is 1110. The van der Waals surface area contributed by atoms with E-state index in [0.717, 1.165) is 13.0 Å². The SMILES string of the molecule is CCOc1ccc(S(=O)(=O)N(C)c2ccc(OCC(=O)NCCCn3ccnc3)cc2)cc1. The minimum absolute atomic E-state index is 0.120. The largest absolute Gasteiger partial charge is 0.494 e. The third-order valence-corrected chi connectivity index (χ3v) is 6.64. The highest BCUT2D eigenvalue weighted by Gasteiger charge is 2.21. The minimum atomic E-state index is -3.72. The van der Waals surface area contributed by atoms with Crippen LogP contribution >= 0.6 is 0 Å². The van der Waals surface area contributed by atoms with Gasteiger partial charge < -0.3 is 19.4 Å². The van der Waals surface area contributed by atoms with Crippen LogP contribution in [0.4, 0.5) is 5.69 Å². The summed E-state index contributed by atoms with van der Waals surface area (Å²) < 4.78 is 39.8. The summed E-state index contributed by atoms with van der Waals surface area (Å²) in [6, 6.07) is 12.8. The predicted octanol–water partition coefficient (Wildman–Crippen LogP) is 2.69. The fourth-order valence-electron chi connectivity index (χ4n) is 3.03. The number of imidazole rings is 1. The first-order valence-corrected chi connectivity index (χ1v) is 12.0. The number of hydrogen-bond donors (Lipinski definition) is 1. The normalized spacial score (nSPS) is 11.1. The van der Waals surface area contributed by atoms with Crippen molar-refractivity contribution in [2.45, 2.75) is 24.8 Å². The Labute approximate surface area is 194 Å². The summed E-state index contributed by atoms with van der Waals surface area (Å²) in [5, 5.41) is 2.80. The highest BCUT2D eigenvalue weighted by atomic mass is 32.2. The molecular weight excluding hydrogens is 444 g/mol. The Hall–Kier alpha value is -3.53. The number of aryl methyl sites for hydroxylation is 1. The number of ether oxygens (including phenoxy) is 2. The lowest BCUT2D eigenvalue weighted by Crippen LogP contribution is -2.30. The van der Waals surface area contributed by atoms with Gasteiger partial charge in [-0.3, -0.25) is 9.10 Å². The molecule has 1 amide bonds. The van der Waals surface area contributed by atoms with Crippen LogP contribution in [0.15, 0.2) is 72.1 Å². The minimum Gasteiger partial charge on any atom is -0.494 e. The van der Waals surface area contributed by atoms with Crippen molar-refractivity contribution in [3.05, 3.63) is 67.3 Å². The fourth-order valence-corrected chi connectivity index (χ4v) is 4.23. The van der Waals surface area contributed by atoms with Gasteiger partial charge in [-0.1, -0.05) is 0 Å². The molecule has 0 atom stereocenters. The second-order valence-electron chi connectivity index (χ2n) is 7.16. The van der Waals surface area contributed by atoms with Crippen molar-refractivity contribution in [3.8, 4) is 11.5 Å². The monoisotopic (exact) mass is 472 g/mol. The van der Waals surface area contributed by atoms with Gasteiger partial charge in [-0.15, -0.1) is 0 Å². The smallest absolute Gasteiger partial charge is 0.264 e. The molecular formula is C23H28N4O5S. The molecule has 2 aromatic carbocycles. The molecule has 9 nitrogen and oxygen atoms in total. The molecule has 0 aliphatic rings. The quantitative estimate of drug-likeness (QED) is 0.407. The molecule has 0 fully saturated rings. The van der Waals surface area contributed by atoms with Gasteiger partial charge in [0.1, 0.15) is 11.5 Å². The average Bonchev–Trinajstić information content (AvgIpc) is 3.34. The molecule has 176 valence electrons. The van der Waals surface area contributed by atoms with Gasteiger partial charge in [-0.05, 0) is 61.9 Å². The van der Waals surface area contributed by atoms with Crippen LogP contribution in [-0.2, 0) is 21.4 Å². The molecule has 1 heterocycles. The summed E-state index contributed by atoms with van der Waals surface area (Å²) in [6.07, 6.45) is 6.10. The molecule has 0 spiro atoms. The van der Waals surface area contributed by atoms with Crippen molar-refractivity contribution >= 4 is 21.6 Å². The summed E-state index contributed by atoms with van der Waals surface area (Å²) in [6.45, 7) is 3.56. The molecule has 33 heavy (non-hydrogen) atoms. The Morgan fingerprint density at radius 3 is 2.36 bits per heavy atom. The van der Waals surface area contributed by atoms with Gasteiger partial charge in [0, 0.05) is 32.5 Å². The first kappa shape index (κ1) is 24.1. The van der Waals surface area contributed by atoms with E-state index in [1.807, 2.05) is 17.7 Å². The molecule has 1 aromatic heterocycles. The Balaban J connectivity index is 1.48. The van der Waals surface area contributed by atoms with Gasteiger partial charge in [-0.2, -0.15) is 0 Å². The van der Waals surface area contributed by atoms with E-state index >= 15 is 0 Å². The Kier molecular flexibility index (Phi) is 8.31. The number of carbonyl (C=O) groups is 1. The molecule has 0 bridgehead atoms. The van der Waals surface area contributed by atoms with Crippen LogP contribution in [-0.4, -0.2) is 50.7 Å². The number of hydrogen-bond acceptors (Lipinski definition) is 6. The molecule has 1 N–H and O–H groups in total. The van der Waals surface area contributed by atoms with Crippen LogP contribution in [0.2, 0.25) is 0 Å². The number of rotatable bonds is 12. The van der Waals surface area contributed by atoms with Crippen LogP contribution in [0, 0.1) is 0 Å². The maximum atomic E-state index is 12.9. The third kappa shape index (κ3) is 6.72. The first-order valence-electron chi connectivity index (χ1n) is 10.6. The van der Waals surface area contributed by atoms with Crippen LogP contribution < -0.4 is 19.1 Å². The third-order valence-electron chi connectivity index (χ3n) is 4.84. The molecule has 3 rings (SSSR count). The van der Waals surface area contributed by atoms with Crippen LogP contribution in [0.5, 0.6) is 11.5 Å². The standard InChI is InChI=1S/C23H28N4O5S/c1-3-31-20-9-11-22(12-10-20)33(29,30)26(2)19-5-7-21(8-6-19)32-17-23(28)25-13-4-15-27-16-14-24-18-27/h5-12,14,16,18H,3-4,13,15,17H2,1-2H3,(H,25,28). The number of nitrogens with one attached hydrogen (secondary N) is 1. The summed E-state index contributed by atoms with van der Waals surface area (Å²) in [5.74, 6) is 0.863. The van der Waals surface area contributed by atoms with Crippen molar-refractivity contribution in [3.63, 3.8) is 0 Å². The molecule has 0 saturated carbocycles. The summed E-state index contributed by atoms with van der Waals surface area (Å²) in [4.78, 5) is 16.1. The van der Waals surface area contributed by atoms with E-state index in [4.69, 9.17) is 9.47 Å². The van der Waals surface area contributed by atoms with Gasteiger partial charge in [0.25, 0.3) is 15.9 Å². The molecule has 0 saturated heterocycles. The molecule has 0 radical (unpaired) electrons. The van der Waals surface area contributed by atoms with E-state index in [1.54, 1.807) is 48.9 Å². The lowest BCUT2D eigenvalue weighted by molar-refractivity contribution is -0.123. The van der Waals surface area contributed by atoms with E-state index in [9.17, 15) is 13.2 Å². The van der Waals surface area contributed by atoms with E-state index in [0.29, 0.717) is 30.3 Å². The second kappa shape index (κ2) is 11.4. The van der Waals surface area contributed by atoms with Gasteiger partial charge in [-0.25, -0.2) is 13.4 Å². The van der Waals surface area contributed by atoms with Crippen molar-refractivity contribution in [1.29, 1.82) is 0 Å². The van der Waals surface area contributed by atoms with E-state index in [-0.39, 0.29) is 17.4 Å². The van der Waals surface area contributed by atoms with Crippen LogP contribution in [0.25, 0.3) is 0 Å². The molecule has 3 aromatic rings. The number of carbonyl (C=O) groups excluding carboxylic acids is 1. The number of amides is 1. The number of anilines is 1. The van der Waals surface area contributed by atoms with Crippen LogP contribution in [0.1, 0.15) is 13.3 Å². The summed E-state index contributed by atoms with van der Waals surface area (Å²) in [5.41, 5.74) is 0.472. The highest BCUT2D eigenvalue weighted by Crippen LogP contribution is 2.25.